The van der Waals surface area contributed by atoms with E-state index in [1.807, 2.05) is 24.3 Å². The van der Waals surface area contributed by atoms with Crippen LogP contribution in [0.25, 0.3) is 0 Å². The van der Waals surface area contributed by atoms with Crippen LogP contribution in [0.5, 0.6) is 0 Å². The van der Waals surface area contributed by atoms with Gasteiger partial charge in [-0.05, 0) is 18.2 Å². The third-order valence-corrected chi connectivity index (χ3v) is 3.35. The second kappa shape index (κ2) is 6.38. The first kappa shape index (κ1) is 13.6. The summed E-state index contributed by atoms with van der Waals surface area (Å²) in [5.41, 5.74) is 0. The highest BCUT2D eigenvalue weighted by atomic mass is 35.5. The zero-order valence-electron chi connectivity index (χ0n) is 9.56. The Labute approximate surface area is 120 Å². The Kier molecular flexibility index (Phi) is 4.83. The molecular weight excluding hydrogens is 291 g/mol. The van der Waals surface area contributed by atoms with Gasteiger partial charge in [0, 0.05) is 23.1 Å². The van der Waals surface area contributed by atoms with E-state index in [0.717, 1.165) is 9.92 Å². The van der Waals surface area contributed by atoms with E-state index < -0.39 is 0 Å². The van der Waals surface area contributed by atoms with Crippen LogP contribution in [0.15, 0.2) is 40.3 Å². The maximum absolute atomic E-state index is 5.94. The second-order valence-corrected chi connectivity index (χ2v) is 5.36. The molecule has 2 rings (SSSR count). The van der Waals surface area contributed by atoms with E-state index in [1.165, 1.54) is 11.8 Å². The lowest BCUT2D eigenvalue weighted by Gasteiger charge is -2.04. The topological polar surface area (TPSA) is 35.0 Å². The smallest absolute Gasteiger partial charge is 0.156 e. The van der Waals surface area contributed by atoms with E-state index in [2.05, 4.69) is 9.97 Å². The zero-order chi connectivity index (χ0) is 13.0. The number of aromatic nitrogens is 2. The van der Waals surface area contributed by atoms with Gasteiger partial charge in [0.05, 0.1) is 0 Å². The van der Waals surface area contributed by atoms with E-state index in [9.17, 15) is 0 Å². The molecule has 0 amide bonds. The van der Waals surface area contributed by atoms with Crippen LogP contribution in [0.4, 0.5) is 0 Å². The molecule has 0 aliphatic carbocycles. The third kappa shape index (κ3) is 3.85. The van der Waals surface area contributed by atoms with E-state index in [1.54, 1.807) is 13.2 Å². The average molecular weight is 301 g/mol. The Morgan fingerprint density at radius 2 is 2.06 bits per heavy atom. The Morgan fingerprint density at radius 1 is 1.22 bits per heavy atom. The fourth-order valence-electron chi connectivity index (χ4n) is 1.34. The minimum atomic E-state index is 0.337. The fourth-order valence-corrected chi connectivity index (χ4v) is 2.76. The zero-order valence-corrected chi connectivity index (χ0v) is 11.9. The lowest BCUT2D eigenvalue weighted by Crippen LogP contribution is -1.98. The molecule has 0 bridgehead atoms. The number of halogens is 2. The van der Waals surface area contributed by atoms with Crippen molar-refractivity contribution in [1.29, 1.82) is 0 Å². The molecule has 6 heteroatoms. The van der Waals surface area contributed by atoms with Gasteiger partial charge in [0.15, 0.2) is 5.82 Å². The predicted octanol–water partition coefficient (Wildman–Crippen LogP) is 4.08. The first-order valence-corrected chi connectivity index (χ1v) is 6.70. The molecule has 0 spiro atoms. The van der Waals surface area contributed by atoms with Crippen LogP contribution in [0, 0.1) is 0 Å². The number of hydrogen-bond donors (Lipinski definition) is 0. The number of rotatable bonds is 4. The molecule has 0 N–H and O–H groups in total. The minimum absolute atomic E-state index is 0.337. The summed E-state index contributed by atoms with van der Waals surface area (Å²) in [4.78, 5) is 9.42. The van der Waals surface area contributed by atoms with Gasteiger partial charge in [-0.1, -0.05) is 41.0 Å². The quantitative estimate of drug-likeness (QED) is 0.797. The molecule has 2 aromatic rings. The van der Waals surface area contributed by atoms with E-state index in [4.69, 9.17) is 27.9 Å². The number of ether oxygens (including phenoxy) is 1. The Balaban J connectivity index is 2.23. The van der Waals surface area contributed by atoms with Gasteiger partial charge in [0.25, 0.3) is 0 Å². The van der Waals surface area contributed by atoms with Crippen LogP contribution in [0.2, 0.25) is 10.2 Å². The summed E-state index contributed by atoms with van der Waals surface area (Å²) in [6.45, 7) is 0.337. The van der Waals surface area contributed by atoms with Crippen LogP contribution in [0.1, 0.15) is 5.82 Å². The summed E-state index contributed by atoms with van der Waals surface area (Å²) in [7, 11) is 1.59. The van der Waals surface area contributed by atoms with E-state index in [-0.39, 0.29) is 0 Å². The summed E-state index contributed by atoms with van der Waals surface area (Å²) < 4.78 is 4.99. The molecule has 0 fully saturated rings. The molecule has 0 aliphatic heterocycles. The number of nitrogens with zero attached hydrogens (tertiary/aromatic N) is 2. The summed E-state index contributed by atoms with van der Waals surface area (Å²) in [6, 6.07) is 9.27. The van der Waals surface area contributed by atoms with Gasteiger partial charge >= 0.3 is 0 Å². The fraction of sp³-hybridized carbons (Fsp3) is 0.167. The highest BCUT2D eigenvalue weighted by Crippen LogP contribution is 2.29. The minimum Gasteiger partial charge on any atom is -0.377 e. The molecule has 0 saturated heterocycles. The first-order chi connectivity index (χ1) is 8.67. The largest absolute Gasteiger partial charge is 0.377 e. The van der Waals surface area contributed by atoms with Gasteiger partial charge in [-0.15, -0.1) is 0 Å². The Morgan fingerprint density at radius 3 is 2.78 bits per heavy atom. The highest BCUT2D eigenvalue weighted by Gasteiger charge is 2.05. The highest BCUT2D eigenvalue weighted by molar-refractivity contribution is 7.99. The van der Waals surface area contributed by atoms with Crippen molar-refractivity contribution in [3.05, 3.63) is 46.3 Å². The van der Waals surface area contributed by atoms with Crippen molar-refractivity contribution in [2.75, 3.05) is 7.11 Å². The third-order valence-electron chi connectivity index (χ3n) is 2.01. The molecule has 0 aliphatic rings. The van der Waals surface area contributed by atoms with Gasteiger partial charge < -0.3 is 4.74 Å². The van der Waals surface area contributed by atoms with Gasteiger partial charge in [-0.2, -0.15) is 0 Å². The van der Waals surface area contributed by atoms with E-state index in [0.29, 0.717) is 22.6 Å². The molecule has 0 unspecified atom stereocenters. The standard InChI is InChI=1S/C12H10Cl2N2OS/c1-17-7-11-15-10(14)6-12(16-11)18-9-4-2-3-8(13)5-9/h2-6H,7H2,1H3. The van der Waals surface area contributed by atoms with Crippen molar-refractivity contribution >= 4 is 35.0 Å². The van der Waals surface area contributed by atoms with Crippen molar-refractivity contribution in [2.45, 2.75) is 16.5 Å². The number of benzene rings is 1. The molecule has 1 heterocycles. The maximum Gasteiger partial charge on any atom is 0.156 e. The lowest BCUT2D eigenvalue weighted by atomic mass is 10.4. The Bertz CT molecular complexity index is 551. The summed E-state index contributed by atoms with van der Waals surface area (Å²) in [5.74, 6) is 0.564. The molecular formula is C12H10Cl2N2OS. The normalized spacial score (nSPS) is 10.6. The molecule has 0 radical (unpaired) electrons. The number of methoxy groups -OCH3 is 1. The summed E-state index contributed by atoms with van der Waals surface area (Å²) in [6.07, 6.45) is 0. The first-order valence-electron chi connectivity index (χ1n) is 5.13. The van der Waals surface area contributed by atoms with Crippen molar-refractivity contribution in [1.82, 2.24) is 9.97 Å². The lowest BCUT2D eigenvalue weighted by molar-refractivity contribution is 0.177. The van der Waals surface area contributed by atoms with Crippen molar-refractivity contribution in [2.24, 2.45) is 0 Å². The second-order valence-electron chi connectivity index (χ2n) is 3.44. The SMILES string of the molecule is COCc1nc(Cl)cc(Sc2cccc(Cl)c2)n1. The van der Waals surface area contributed by atoms with Crippen LogP contribution < -0.4 is 0 Å². The Hall–Kier alpha value is -0.810. The van der Waals surface area contributed by atoms with Gasteiger partial charge in [-0.25, -0.2) is 9.97 Å². The molecule has 18 heavy (non-hydrogen) atoms. The van der Waals surface area contributed by atoms with Crippen LogP contribution in [-0.4, -0.2) is 17.1 Å². The van der Waals surface area contributed by atoms with Crippen molar-refractivity contribution in [3.63, 3.8) is 0 Å². The molecule has 0 atom stereocenters. The van der Waals surface area contributed by atoms with Crippen LogP contribution in [0.3, 0.4) is 0 Å². The molecule has 1 aromatic carbocycles. The monoisotopic (exact) mass is 300 g/mol. The van der Waals surface area contributed by atoms with Gasteiger partial charge in [0.2, 0.25) is 0 Å². The van der Waals surface area contributed by atoms with Crippen LogP contribution in [-0.2, 0) is 11.3 Å². The summed E-state index contributed by atoms with van der Waals surface area (Å²) >= 11 is 13.3. The van der Waals surface area contributed by atoms with Gasteiger partial charge in [-0.3, -0.25) is 0 Å². The van der Waals surface area contributed by atoms with Crippen molar-refractivity contribution in [3.8, 4) is 0 Å². The molecule has 0 saturated carbocycles. The molecule has 3 nitrogen and oxygen atoms in total. The molecule has 94 valence electrons. The van der Waals surface area contributed by atoms with Crippen molar-refractivity contribution < 1.29 is 4.74 Å². The predicted molar refractivity (Wildman–Crippen MR) is 73.3 cm³/mol. The van der Waals surface area contributed by atoms with Crippen LogP contribution >= 0.6 is 35.0 Å². The molecule has 1 aromatic heterocycles. The maximum atomic E-state index is 5.94. The average Bonchev–Trinajstić information content (AvgIpc) is 2.28. The van der Waals surface area contributed by atoms with Gasteiger partial charge in [0.1, 0.15) is 16.8 Å². The summed E-state index contributed by atoms with van der Waals surface area (Å²) in [5, 5.41) is 1.86. The number of hydrogen-bond acceptors (Lipinski definition) is 4. The van der Waals surface area contributed by atoms with E-state index >= 15 is 0 Å².